The van der Waals surface area contributed by atoms with Crippen LogP contribution in [0.5, 0.6) is 0 Å². The van der Waals surface area contributed by atoms with Crippen molar-refractivity contribution >= 4 is 57.1 Å². The lowest BCUT2D eigenvalue weighted by Crippen LogP contribution is -1.90. The monoisotopic (exact) mass is 357 g/mol. The number of hydrogen-bond donors (Lipinski definition) is 0. The summed E-state index contributed by atoms with van der Waals surface area (Å²) < 4.78 is 1.42. The van der Waals surface area contributed by atoms with Gasteiger partial charge in [-0.25, -0.2) is 15.0 Å². The molecule has 2 aromatic rings. The van der Waals surface area contributed by atoms with Crippen LogP contribution in [0.4, 0.5) is 0 Å². The van der Waals surface area contributed by atoms with Crippen LogP contribution in [-0.2, 0) is 0 Å². The number of thiazole rings is 1. The Morgan fingerprint density at radius 2 is 2.00 bits per heavy atom. The maximum atomic E-state index is 5.86. The number of nitrogens with zero attached hydrogens (tertiary/aromatic N) is 3. The number of aromatic nitrogens is 3. The van der Waals surface area contributed by atoms with Gasteiger partial charge in [0.1, 0.15) is 9.49 Å². The molecule has 0 atom stereocenters. The van der Waals surface area contributed by atoms with Gasteiger partial charge in [0.15, 0.2) is 10.8 Å². The highest BCUT2D eigenvalue weighted by Gasteiger charge is 2.08. The minimum absolute atomic E-state index is 0.432. The van der Waals surface area contributed by atoms with E-state index in [-0.39, 0.29) is 0 Å². The molecule has 2 aromatic heterocycles. The Bertz CT molecular complexity index is 474. The smallest absolute Gasteiger partial charge is 0.190 e. The molecule has 0 bridgehead atoms. The van der Waals surface area contributed by atoms with Gasteiger partial charge in [-0.05, 0) is 22.6 Å². The summed E-state index contributed by atoms with van der Waals surface area (Å²) in [5, 5.41) is 1.11. The standard InChI is InChI=1S/C7H2Cl2IN3S/c8-4-2-12-7(14-4)6-11-1-3(10)5(9)13-6/h1-2H. The van der Waals surface area contributed by atoms with Gasteiger partial charge in [-0.3, -0.25) is 0 Å². The second-order valence-corrected chi connectivity index (χ2v) is 5.48. The SMILES string of the molecule is Clc1cnc(-c2ncc(I)c(Cl)n2)s1. The molecular weight excluding hydrogens is 356 g/mol. The lowest BCUT2D eigenvalue weighted by molar-refractivity contribution is 1.15. The molecule has 0 saturated carbocycles. The van der Waals surface area contributed by atoms with Gasteiger partial charge in [0.05, 0.1) is 9.77 Å². The highest BCUT2D eigenvalue weighted by Crippen LogP contribution is 2.26. The predicted molar refractivity (Wildman–Crippen MR) is 65.9 cm³/mol. The lowest BCUT2D eigenvalue weighted by Gasteiger charge is -1.96. The Morgan fingerprint density at radius 1 is 1.21 bits per heavy atom. The summed E-state index contributed by atoms with van der Waals surface area (Å²) in [6, 6.07) is 0. The fourth-order valence-corrected chi connectivity index (χ4v) is 2.05. The van der Waals surface area contributed by atoms with E-state index in [4.69, 9.17) is 23.2 Å². The first-order valence-corrected chi connectivity index (χ1v) is 6.11. The molecule has 0 fully saturated rings. The molecule has 3 nitrogen and oxygen atoms in total. The van der Waals surface area contributed by atoms with E-state index < -0.39 is 0 Å². The molecule has 0 aliphatic heterocycles. The summed E-state index contributed by atoms with van der Waals surface area (Å²) in [5.41, 5.74) is 0. The summed E-state index contributed by atoms with van der Waals surface area (Å²) in [7, 11) is 0. The molecule has 2 rings (SSSR count). The average molecular weight is 358 g/mol. The predicted octanol–water partition coefficient (Wildman–Crippen LogP) is 3.51. The zero-order valence-electron chi connectivity index (χ0n) is 6.54. The third-order valence-corrected chi connectivity index (χ3v) is 3.88. The molecule has 0 aromatic carbocycles. The van der Waals surface area contributed by atoms with E-state index >= 15 is 0 Å². The summed E-state index contributed by atoms with van der Waals surface area (Å²) in [6.45, 7) is 0. The van der Waals surface area contributed by atoms with Gasteiger partial charge in [-0.15, -0.1) is 0 Å². The van der Waals surface area contributed by atoms with E-state index in [2.05, 4.69) is 37.5 Å². The normalized spacial score (nSPS) is 10.5. The van der Waals surface area contributed by atoms with E-state index in [0.29, 0.717) is 20.3 Å². The fourth-order valence-electron chi connectivity index (χ4n) is 0.807. The van der Waals surface area contributed by atoms with Gasteiger partial charge >= 0.3 is 0 Å². The van der Waals surface area contributed by atoms with E-state index in [9.17, 15) is 0 Å². The van der Waals surface area contributed by atoms with E-state index in [1.807, 2.05) is 0 Å². The summed E-state index contributed by atoms with van der Waals surface area (Å²) in [6.07, 6.45) is 3.22. The largest absolute Gasteiger partial charge is 0.240 e. The molecule has 0 N–H and O–H groups in total. The number of halogens is 3. The van der Waals surface area contributed by atoms with Crippen molar-refractivity contribution in [2.75, 3.05) is 0 Å². The molecule has 0 amide bonds. The Balaban J connectivity index is 2.47. The van der Waals surface area contributed by atoms with Gasteiger partial charge in [0.25, 0.3) is 0 Å². The van der Waals surface area contributed by atoms with Crippen molar-refractivity contribution in [3.63, 3.8) is 0 Å². The van der Waals surface area contributed by atoms with Crippen LogP contribution in [-0.4, -0.2) is 15.0 Å². The van der Waals surface area contributed by atoms with Crippen LogP contribution in [0.2, 0.25) is 9.49 Å². The molecule has 7 heteroatoms. The maximum Gasteiger partial charge on any atom is 0.190 e. The number of rotatable bonds is 1. The molecule has 0 aliphatic carbocycles. The second kappa shape index (κ2) is 4.26. The topological polar surface area (TPSA) is 38.7 Å². The fraction of sp³-hybridized carbons (Fsp3) is 0. The van der Waals surface area contributed by atoms with Crippen molar-refractivity contribution in [2.24, 2.45) is 0 Å². The molecule has 0 spiro atoms. The summed E-state index contributed by atoms with van der Waals surface area (Å²) in [4.78, 5) is 12.3. The molecule has 0 aliphatic rings. The van der Waals surface area contributed by atoms with Crippen molar-refractivity contribution in [1.29, 1.82) is 0 Å². The third-order valence-electron chi connectivity index (χ3n) is 1.37. The van der Waals surface area contributed by atoms with E-state index in [1.54, 1.807) is 12.4 Å². The molecule has 0 saturated heterocycles. The second-order valence-electron chi connectivity index (χ2n) is 2.30. The van der Waals surface area contributed by atoms with Crippen molar-refractivity contribution < 1.29 is 0 Å². The Hall–Kier alpha value is 0.0200. The van der Waals surface area contributed by atoms with Gasteiger partial charge in [0, 0.05) is 6.20 Å². The molecule has 14 heavy (non-hydrogen) atoms. The van der Waals surface area contributed by atoms with Crippen molar-refractivity contribution in [1.82, 2.24) is 15.0 Å². The summed E-state index contributed by atoms with van der Waals surface area (Å²) >= 11 is 15.0. The van der Waals surface area contributed by atoms with Crippen molar-refractivity contribution in [3.05, 3.63) is 25.5 Å². The van der Waals surface area contributed by atoms with E-state index in [0.717, 1.165) is 3.57 Å². The van der Waals surface area contributed by atoms with E-state index in [1.165, 1.54) is 11.3 Å². The lowest BCUT2D eigenvalue weighted by atomic mass is 10.6. The van der Waals surface area contributed by atoms with Crippen molar-refractivity contribution in [2.45, 2.75) is 0 Å². The first-order valence-electron chi connectivity index (χ1n) is 3.46. The van der Waals surface area contributed by atoms with Crippen molar-refractivity contribution in [3.8, 4) is 10.8 Å². The van der Waals surface area contributed by atoms with Gasteiger partial charge in [-0.1, -0.05) is 34.5 Å². The van der Waals surface area contributed by atoms with Gasteiger partial charge < -0.3 is 0 Å². The van der Waals surface area contributed by atoms with Crippen LogP contribution in [0.3, 0.4) is 0 Å². The molecule has 0 radical (unpaired) electrons. The molecular formula is C7H2Cl2IN3S. The first-order chi connectivity index (χ1) is 6.66. The Kier molecular flexibility index (Phi) is 3.20. The minimum atomic E-state index is 0.432. The highest BCUT2D eigenvalue weighted by atomic mass is 127. The van der Waals surface area contributed by atoms with Crippen LogP contribution in [0, 0.1) is 3.57 Å². The van der Waals surface area contributed by atoms with Crippen LogP contribution in [0.1, 0.15) is 0 Å². The van der Waals surface area contributed by atoms with Crippen LogP contribution < -0.4 is 0 Å². The zero-order valence-corrected chi connectivity index (χ0v) is 11.0. The maximum absolute atomic E-state index is 5.86. The minimum Gasteiger partial charge on any atom is -0.240 e. The third kappa shape index (κ3) is 2.16. The van der Waals surface area contributed by atoms with Crippen LogP contribution >= 0.6 is 57.1 Å². The zero-order chi connectivity index (χ0) is 10.1. The first kappa shape index (κ1) is 10.5. The molecule has 0 unspecified atom stereocenters. The quantitative estimate of drug-likeness (QED) is 0.579. The molecule has 72 valence electrons. The van der Waals surface area contributed by atoms with Crippen LogP contribution in [0.25, 0.3) is 10.8 Å². The number of hydrogen-bond acceptors (Lipinski definition) is 4. The molecule has 2 heterocycles. The highest BCUT2D eigenvalue weighted by molar-refractivity contribution is 14.1. The Morgan fingerprint density at radius 3 is 2.57 bits per heavy atom. The Labute approximate surface area is 108 Å². The summed E-state index contributed by atoms with van der Waals surface area (Å²) in [5.74, 6) is 0.507. The van der Waals surface area contributed by atoms with Crippen LogP contribution in [0.15, 0.2) is 12.4 Å². The van der Waals surface area contributed by atoms with Gasteiger partial charge in [0.2, 0.25) is 0 Å². The van der Waals surface area contributed by atoms with Gasteiger partial charge in [-0.2, -0.15) is 0 Å². The average Bonchev–Trinajstić information content (AvgIpc) is 2.57.